The monoisotopic (exact) mass is 262 g/mol. The van der Waals surface area contributed by atoms with E-state index in [1.54, 1.807) is 6.92 Å². The van der Waals surface area contributed by atoms with Crippen LogP contribution in [0.3, 0.4) is 0 Å². The highest BCUT2D eigenvalue weighted by molar-refractivity contribution is 5.81. The molecule has 0 radical (unpaired) electrons. The first-order chi connectivity index (χ1) is 9.00. The molecule has 0 spiro atoms. The van der Waals surface area contributed by atoms with Crippen LogP contribution in [-0.4, -0.2) is 36.0 Å². The van der Waals surface area contributed by atoms with Gasteiger partial charge in [-0.3, -0.25) is 4.79 Å². The van der Waals surface area contributed by atoms with E-state index in [0.29, 0.717) is 13.2 Å². The van der Waals surface area contributed by atoms with Gasteiger partial charge in [0.2, 0.25) is 5.91 Å². The molecule has 1 aliphatic heterocycles. The highest BCUT2D eigenvalue weighted by Gasteiger charge is 2.32. The SMILES string of the molecule is Cc1ccccc1C1CN(C(=O)C(C)N)C(C)CO1. The van der Waals surface area contributed by atoms with Gasteiger partial charge in [0.05, 0.1) is 25.2 Å². The van der Waals surface area contributed by atoms with Crippen molar-refractivity contribution < 1.29 is 9.53 Å². The van der Waals surface area contributed by atoms with Crippen LogP contribution in [0.5, 0.6) is 0 Å². The van der Waals surface area contributed by atoms with Crippen LogP contribution >= 0.6 is 0 Å². The van der Waals surface area contributed by atoms with Gasteiger partial charge < -0.3 is 15.4 Å². The van der Waals surface area contributed by atoms with Gasteiger partial charge in [0.15, 0.2) is 0 Å². The maximum absolute atomic E-state index is 12.1. The molecule has 0 aromatic heterocycles. The van der Waals surface area contributed by atoms with E-state index in [4.69, 9.17) is 10.5 Å². The van der Waals surface area contributed by atoms with Crippen molar-refractivity contribution in [3.63, 3.8) is 0 Å². The van der Waals surface area contributed by atoms with Crippen molar-refractivity contribution >= 4 is 5.91 Å². The Balaban J connectivity index is 2.18. The molecule has 19 heavy (non-hydrogen) atoms. The van der Waals surface area contributed by atoms with Crippen LogP contribution in [0.1, 0.15) is 31.1 Å². The van der Waals surface area contributed by atoms with Crippen LogP contribution in [0.25, 0.3) is 0 Å². The van der Waals surface area contributed by atoms with Gasteiger partial charge in [0.25, 0.3) is 0 Å². The maximum atomic E-state index is 12.1. The highest BCUT2D eigenvalue weighted by Crippen LogP contribution is 2.27. The molecule has 1 heterocycles. The minimum absolute atomic E-state index is 0.00520. The van der Waals surface area contributed by atoms with E-state index >= 15 is 0 Å². The molecule has 0 aliphatic carbocycles. The number of nitrogens with two attached hydrogens (primary N) is 1. The second kappa shape index (κ2) is 5.72. The molecule has 1 aromatic rings. The molecular weight excluding hydrogens is 240 g/mol. The quantitative estimate of drug-likeness (QED) is 0.881. The first-order valence-electron chi connectivity index (χ1n) is 6.74. The smallest absolute Gasteiger partial charge is 0.239 e. The Kier molecular flexibility index (Phi) is 4.22. The summed E-state index contributed by atoms with van der Waals surface area (Å²) < 4.78 is 5.88. The Labute approximate surface area is 114 Å². The molecule has 3 atom stereocenters. The Morgan fingerprint density at radius 2 is 2.16 bits per heavy atom. The van der Waals surface area contributed by atoms with E-state index in [2.05, 4.69) is 19.1 Å². The summed E-state index contributed by atoms with van der Waals surface area (Å²) in [5, 5.41) is 0. The van der Waals surface area contributed by atoms with Crippen molar-refractivity contribution in [3.8, 4) is 0 Å². The Bertz CT molecular complexity index is 459. The molecule has 0 bridgehead atoms. The van der Waals surface area contributed by atoms with E-state index in [9.17, 15) is 4.79 Å². The van der Waals surface area contributed by atoms with Gasteiger partial charge in [-0.1, -0.05) is 24.3 Å². The van der Waals surface area contributed by atoms with E-state index in [1.807, 2.05) is 24.0 Å². The number of carbonyl (C=O) groups is 1. The van der Waals surface area contributed by atoms with E-state index in [0.717, 1.165) is 5.56 Å². The third kappa shape index (κ3) is 2.96. The van der Waals surface area contributed by atoms with Gasteiger partial charge in [-0.2, -0.15) is 0 Å². The van der Waals surface area contributed by atoms with Crippen molar-refractivity contribution in [2.45, 2.75) is 39.0 Å². The zero-order valence-electron chi connectivity index (χ0n) is 11.8. The minimum Gasteiger partial charge on any atom is -0.370 e. The summed E-state index contributed by atoms with van der Waals surface area (Å²) >= 11 is 0. The van der Waals surface area contributed by atoms with Crippen molar-refractivity contribution in [1.82, 2.24) is 4.90 Å². The summed E-state index contributed by atoms with van der Waals surface area (Å²) in [7, 11) is 0. The number of amides is 1. The number of hydrogen-bond donors (Lipinski definition) is 1. The van der Waals surface area contributed by atoms with Crippen LogP contribution in [0.2, 0.25) is 0 Å². The molecule has 104 valence electrons. The van der Waals surface area contributed by atoms with Gasteiger partial charge in [0, 0.05) is 0 Å². The zero-order valence-corrected chi connectivity index (χ0v) is 11.8. The third-order valence-electron chi connectivity index (χ3n) is 3.64. The van der Waals surface area contributed by atoms with Crippen LogP contribution < -0.4 is 5.73 Å². The van der Waals surface area contributed by atoms with Crippen molar-refractivity contribution in [2.75, 3.05) is 13.2 Å². The number of nitrogens with zero attached hydrogens (tertiary/aromatic N) is 1. The normalized spacial score (nSPS) is 25.2. The van der Waals surface area contributed by atoms with Crippen LogP contribution in [0, 0.1) is 6.92 Å². The topological polar surface area (TPSA) is 55.6 Å². The summed E-state index contributed by atoms with van der Waals surface area (Å²) in [4.78, 5) is 14.0. The third-order valence-corrected chi connectivity index (χ3v) is 3.64. The van der Waals surface area contributed by atoms with Crippen molar-refractivity contribution in [3.05, 3.63) is 35.4 Å². The van der Waals surface area contributed by atoms with Gasteiger partial charge >= 0.3 is 0 Å². The van der Waals surface area contributed by atoms with Gasteiger partial charge in [-0.15, -0.1) is 0 Å². The standard InChI is InChI=1S/C15H22N2O2/c1-10-6-4-5-7-13(10)14-8-17(11(2)9-19-14)15(18)12(3)16/h4-7,11-12,14H,8-9,16H2,1-3H3. The molecule has 1 fully saturated rings. The predicted molar refractivity (Wildman–Crippen MR) is 74.7 cm³/mol. The molecule has 2 rings (SSSR count). The summed E-state index contributed by atoms with van der Waals surface area (Å²) in [6.45, 7) is 6.92. The maximum Gasteiger partial charge on any atom is 0.239 e. The number of rotatable bonds is 2. The molecule has 2 N–H and O–H groups in total. The second-order valence-electron chi connectivity index (χ2n) is 5.31. The lowest BCUT2D eigenvalue weighted by Gasteiger charge is -2.39. The molecule has 1 aliphatic rings. The predicted octanol–water partition coefficient (Wildman–Crippen LogP) is 1.63. The molecule has 1 aromatic carbocycles. The molecule has 4 nitrogen and oxygen atoms in total. The minimum atomic E-state index is -0.460. The van der Waals surface area contributed by atoms with Crippen LogP contribution in [-0.2, 0) is 9.53 Å². The first kappa shape index (κ1) is 14.0. The Hall–Kier alpha value is -1.39. The molecule has 3 unspecified atom stereocenters. The van der Waals surface area contributed by atoms with Crippen molar-refractivity contribution in [1.29, 1.82) is 0 Å². The highest BCUT2D eigenvalue weighted by atomic mass is 16.5. The fraction of sp³-hybridized carbons (Fsp3) is 0.533. The first-order valence-corrected chi connectivity index (χ1v) is 6.74. The summed E-state index contributed by atoms with van der Waals surface area (Å²) in [6.07, 6.45) is -0.0555. The lowest BCUT2D eigenvalue weighted by molar-refractivity contribution is -0.145. The molecule has 1 saturated heterocycles. The number of ether oxygens (including phenoxy) is 1. The molecular formula is C15H22N2O2. The lowest BCUT2D eigenvalue weighted by Crippen LogP contribution is -2.52. The lowest BCUT2D eigenvalue weighted by atomic mass is 10.0. The summed E-state index contributed by atoms with van der Waals surface area (Å²) in [5.74, 6) is -0.00520. The Morgan fingerprint density at radius 3 is 2.79 bits per heavy atom. The molecule has 0 saturated carbocycles. The van der Waals surface area contributed by atoms with Crippen LogP contribution in [0.15, 0.2) is 24.3 Å². The van der Waals surface area contributed by atoms with E-state index in [-0.39, 0.29) is 18.1 Å². The number of morpholine rings is 1. The zero-order chi connectivity index (χ0) is 14.0. The Morgan fingerprint density at radius 1 is 1.47 bits per heavy atom. The number of carbonyl (C=O) groups excluding carboxylic acids is 1. The van der Waals surface area contributed by atoms with Crippen molar-refractivity contribution in [2.24, 2.45) is 5.73 Å². The molecule has 1 amide bonds. The number of benzene rings is 1. The summed E-state index contributed by atoms with van der Waals surface area (Å²) in [6, 6.07) is 7.76. The number of aryl methyl sites for hydroxylation is 1. The average molecular weight is 262 g/mol. The van der Waals surface area contributed by atoms with E-state index < -0.39 is 6.04 Å². The number of hydrogen-bond acceptors (Lipinski definition) is 3. The van der Waals surface area contributed by atoms with Crippen LogP contribution in [0.4, 0.5) is 0 Å². The second-order valence-corrected chi connectivity index (χ2v) is 5.31. The van der Waals surface area contributed by atoms with Gasteiger partial charge in [-0.25, -0.2) is 0 Å². The summed E-state index contributed by atoms with van der Waals surface area (Å²) in [5.41, 5.74) is 8.05. The fourth-order valence-electron chi connectivity index (χ4n) is 2.46. The fourth-order valence-corrected chi connectivity index (χ4v) is 2.46. The van der Waals surface area contributed by atoms with Gasteiger partial charge in [0.1, 0.15) is 6.10 Å². The largest absolute Gasteiger partial charge is 0.370 e. The van der Waals surface area contributed by atoms with E-state index in [1.165, 1.54) is 5.56 Å². The average Bonchev–Trinajstić information content (AvgIpc) is 2.39. The van der Waals surface area contributed by atoms with Gasteiger partial charge in [-0.05, 0) is 31.9 Å². The molecule has 4 heteroatoms.